The monoisotopic (exact) mass is 394 g/mol. The molecule has 0 aliphatic heterocycles. The van der Waals surface area contributed by atoms with Crippen molar-refractivity contribution in [2.75, 3.05) is 0 Å². The van der Waals surface area contributed by atoms with Gasteiger partial charge >= 0.3 is 0 Å². The van der Waals surface area contributed by atoms with E-state index in [4.69, 9.17) is 0 Å². The van der Waals surface area contributed by atoms with E-state index in [1.807, 2.05) is 36.5 Å². The number of H-pyrrole nitrogens is 2. The van der Waals surface area contributed by atoms with Crippen molar-refractivity contribution in [3.8, 4) is 34.0 Å². The molecule has 0 aliphatic carbocycles. The van der Waals surface area contributed by atoms with Crippen LogP contribution in [-0.2, 0) is 0 Å². The van der Waals surface area contributed by atoms with E-state index in [9.17, 15) is 0 Å². The van der Waals surface area contributed by atoms with E-state index in [-0.39, 0.29) is 0 Å². The standard InChI is InChI=1S/C22H14N6S/c1-2-6-23-17(3-1)18-9-15-20(11-25-18)27-28-22(15)19-10-14-16(26-19)4-7-24-21(14)13-5-8-29-12-13/h1-12,26H,(H,27,28). The Bertz CT molecular complexity index is 1450. The third-order valence-corrected chi connectivity index (χ3v) is 5.66. The van der Waals surface area contributed by atoms with Crippen molar-refractivity contribution >= 4 is 33.1 Å². The molecule has 0 bridgehead atoms. The fraction of sp³-hybridized carbons (Fsp3) is 0. The van der Waals surface area contributed by atoms with Gasteiger partial charge in [-0.05, 0) is 41.8 Å². The van der Waals surface area contributed by atoms with Crippen LogP contribution in [0.25, 0.3) is 55.8 Å². The molecule has 0 saturated carbocycles. The number of nitrogens with one attached hydrogen (secondary N) is 2. The van der Waals surface area contributed by atoms with Gasteiger partial charge in [0.15, 0.2) is 0 Å². The summed E-state index contributed by atoms with van der Waals surface area (Å²) in [5.74, 6) is 0. The Labute approximate surface area is 169 Å². The molecular formula is C22H14N6S. The molecule has 0 saturated heterocycles. The van der Waals surface area contributed by atoms with Gasteiger partial charge in [-0.3, -0.25) is 20.1 Å². The molecule has 0 unspecified atom stereocenters. The third-order valence-electron chi connectivity index (χ3n) is 4.97. The highest BCUT2D eigenvalue weighted by atomic mass is 32.1. The van der Waals surface area contributed by atoms with Crippen LogP contribution < -0.4 is 0 Å². The summed E-state index contributed by atoms with van der Waals surface area (Å²) in [7, 11) is 0. The Kier molecular flexibility index (Phi) is 3.54. The van der Waals surface area contributed by atoms with E-state index in [1.54, 1.807) is 23.7 Å². The minimum atomic E-state index is 0.817. The van der Waals surface area contributed by atoms with Crippen molar-refractivity contribution in [3.63, 3.8) is 0 Å². The number of hydrogen-bond donors (Lipinski definition) is 2. The number of nitrogens with zero attached hydrogens (tertiary/aromatic N) is 4. The zero-order valence-electron chi connectivity index (χ0n) is 15.1. The highest BCUT2D eigenvalue weighted by Gasteiger charge is 2.15. The summed E-state index contributed by atoms with van der Waals surface area (Å²) in [4.78, 5) is 17.0. The van der Waals surface area contributed by atoms with E-state index in [0.717, 1.165) is 55.8 Å². The Morgan fingerprint density at radius 2 is 1.76 bits per heavy atom. The molecule has 6 heterocycles. The summed E-state index contributed by atoms with van der Waals surface area (Å²) in [6.07, 6.45) is 5.41. The Hall–Kier alpha value is -3.84. The summed E-state index contributed by atoms with van der Waals surface area (Å²) in [5, 5.41) is 13.9. The van der Waals surface area contributed by atoms with Gasteiger partial charge in [-0.2, -0.15) is 16.4 Å². The average molecular weight is 394 g/mol. The lowest BCUT2D eigenvalue weighted by Crippen LogP contribution is -1.86. The minimum Gasteiger partial charge on any atom is -0.353 e. The van der Waals surface area contributed by atoms with Gasteiger partial charge in [0, 0.05) is 39.6 Å². The van der Waals surface area contributed by atoms with Gasteiger partial charge < -0.3 is 4.98 Å². The molecule has 0 atom stereocenters. The van der Waals surface area contributed by atoms with Gasteiger partial charge in [0.2, 0.25) is 0 Å². The zero-order chi connectivity index (χ0) is 19.2. The molecule has 0 radical (unpaired) electrons. The number of pyridine rings is 3. The molecule has 6 rings (SSSR count). The van der Waals surface area contributed by atoms with Gasteiger partial charge in [0.1, 0.15) is 5.69 Å². The summed E-state index contributed by atoms with van der Waals surface area (Å²) < 4.78 is 0. The Morgan fingerprint density at radius 1 is 0.793 bits per heavy atom. The maximum absolute atomic E-state index is 4.60. The van der Waals surface area contributed by atoms with Crippen LogP contribution in [0.3, 0.4) is 0 Å². The summed E-state index contributed by atoms with van der Waals surface area (Å²) in [5.41, 5.74) is 7.46. The highest BCUT2D eigenvalue weighted by molar-refractivity contribution is 7.08. The van der Waals surface area contributed by atoms with Gasteiger partial charge in [-0.25, -0.2) is 0 Å². The molecule has 0 aromatic carbocycles. The summed E-state index contributed by atoms with van der Waals surface area (Å²) >= 11 is 1.67. The molecule has 0 fully saturated rings. The maximum atomic E-state index is 4.60. The van der Waals surface area contributed by atoms with E-state index < -0.39 is 0 Å². The van der Waals surface area contributed by atoms with Crippen LogP contribution in [0.2, 0.25) is 0 Å². The van der Waals surface area contributed by atoms with Crippen LogP contribution in [0.1, 0.15) is 0 Å². The van der Waals surface area contributed by atoms with Gasteiger partial charge in [-0.15, -0.1) is 0 Å². The number of thiophene rings is 1. The second-order valence-corrected chi connectivity index (χ2v) is 7.50. The quantitative estimate of drug-likeness (QED) is 0.427. The van der Waals surface area contributed by atoms with Crippen molar-refractivity contribution in [3.05, 3.63) is 71.8 Å². The predicted octanol–water partition coefficient (Wildman–Crippen LogP) is 5.29. The molecule has 0 aliphatic rings. The Morgan fingerprint density at radius 3 is 2.62 bits per heavy atom. The number of aromatic nitrogens is 6. The molecule has 138 valence electrons. The number of hydrogen-bond acceptors (Lipinski definition) is 5. The lowest BCUT2D eigenvalue weighted by atomic mass is 10.1. The first-order valence-corrected chi connectivity index (χ1v) is 10.1. The molecule has 29 heavy (non-hydrogen) atoms. The molecule has 0 spiro atoms. The first-order valence-electron chi connectivity index (χ1n) is 9.13. The maximum Gasteiger partial charge on any atom is 0.116 e. The van der Waals surface area contributed by atoms with Crippen LogP contribution in [0.15, 0.2) is 71.8 Å². The third kappa shape index (κ3) is 2.63. The van der Waals surface area contributed by atoms with Crippen LogP contribution in [0, 0.1) is 0 Å². The Balaban J connectivity index is 1.53. The normalized spacial score (nSPS) is 11.4. The van der Waals surface area contributed by atoms with E-state index in [0.29, 0.717) is 0 Å². The average Bonchev–Trinajstić information content (AvgIpc) is 3.52. The molecule has 6 aromatic rings. The second-order valence-electron chi connectivity index (χ2n) is 6.72. The van der Waals surface area contributed by atoms with Crippen LogP contribution in [-0.4, -0.2) is 30.1 Å². The van der Waals surface area contributed by atoms with E-state index in [1.165, 1.54) is 0 Å². The van der Waals surface area contributed by atoms with Crippen molar-refractivity contribution in [1.29, 1.82) is 0 Å². The van der Waals surface area contributed by atoms with E-state index in [2.05, 4.69) is 53.0 Å². The van der Waals surface area contributed by atoms with Crippen LogP contribution >= 0.6 is 11.3 Å². The largest absolute Gasteiger partial charge is 0.353 e. The van der Waals surface area contributed by atoms with E-state index >= 15 is 0 Å². The predicted molar refractivity (Wildman–Crippen MR) is 116 cm³/mol. The first-order chi connectivity index (χ1) is 14.4. The molecule has 6 nitrogen and oxygen atoms in total. The molecule has 6 aromatic heterocycles. The van der Waals surface area contributed by atoms with Crippen molar-refractivity contribution in [2.24, 2.45) is 0 Å². The topological polar surface area (TPSA) is 83.1 Å². The smallest absolute Gasteiger partial charge is 0.116 e. The van der Waals surface area contributed by atoms with Crippen molar-refractivity contribution < 1.29 is 0 Å². The number of rotatable bonds is 3. The number of fused-ring (bicyclic) bond motifs is 2. The summed E-state index contributed by atoms with van der Waals surface area (Å²) in [6.45, 7) is 0. The van der Waals surface area contributed by atoms with Gasteiger partial charge in [0.25, 0.3) is 0 Å². The fourth-order valence-electron chi connectivity index (χ4n) is 3.59. The lowest BCUT2D eigenvalue weighted by Gasteiger charge is -2.00. The minimum absolute atomic E-state index is 0.817. The number of aromatic amines is 2. The first kappa shape index (κ1) is 16.1. The van der Waals surface area contributed by atoms with Crippen LogP contribution in [0.4, 0.5) is 0 Å². The van der Waals surface area contributed by atoms with Crippen molar-refractivity contribution in [1.82, 2.24) is 30.1 Å². The summed E-state index contributed by atoms with van der Waals surface area (Å²) in [6, 6.07) is 14.0. The SMILES string of the molecule is c1ccc(-c2cc3c(-c4cc5c(-c6ccsc6)nccc5[nH]4)n[nH]c3cn2)nc1. The van der Waals surface area contributed by atoms with Crippen molar-refractivity contribution in [2.45, 2.75) is 0 Å². The molecule has 2 N–H and O–H groups in total. The second kappa shape index (κ2) is 6.35. The highest BCUT2D eigenvalue weighted by Crippen LogP contribution is 2.34. The van der Waals surface area contributed by atoms with Gasteiger partial charge in [-0.1, -0.05) is 6.07 Å². The molecule has 7 heteroatoms. The lowest BCUT2D eigenvalue weighted by molar-refractivity contribution is 1.11. The zero-order valence-corrected chi connectivity index (χ0v) is 15.9. The molecular weight excluding hydrogens is 380 g/mol. The van der Waals surface area contributed by atoms with Crippen LogP contribution in [0.5, 0.6) is 0 Å². The fourth-order valence-corrected chi connectivity index (χ4v) is 4.23. The molecule has 0 amide bonds. The van der Waals surface area contributed by atoms with Gasteiger partial charge in [0.05, 0.1) is 34.5 Å².